The fourth-order valence-electron chi connectivity index (χ4n) is 8.62. The van der Waals surface area contributed by atoms with E-state index in [1.165, 1.54) is 39.6 Å². The zero-order valence-electron chi connectivity index (χ0n) is 42.9. The van der Waals surface area contributed by atoms with Crippen LogP contribution in [-0.2, 0) is 16.0 Å². The maximum Gasteiger partial charge on any atom is 0.271 e. The molecule has 12 N–H and O–H groups in total. The van der Waals surface area contributed by atoms with E-state index < -0.39 is 90.8 Å². The molecule has 2 aromatic carbocycles. The summed E-state index contributed by atoms with van der Waals surface area (Å²) in [5.74, 6) is -5.36. The van der Waals surface area contributed by atoms with Crippen LogP contribution in [0.25, 0.3) is 43.4 Å². The molecule has 0 saturated heterocycles. The fourth-order valence-corrected chi connectivity index (χ4v) is 13.9. The number of hydrogen-bond acceptors (Lipinski definition) is 23. The SMILES string of the molecule is Cc1sc2nc1C(=O)N[C@@H]([C@@H](O)c1ccccc1)c1nc(cs1)C(=O)N[C@@H](Cc1ccc(O)cc1)C(=O)N[C@@H]([C@@H](C)[C@@H](O)CO)c1nc(cs1)-c1nc(cs1)-c1nc(-c3nc(C(N)=O)cs3)ccc1-c1nc(cs1)C(=O)N[C@H]2CC(N)=O. The van der Waals surface area contributed by atoms with E-state index in [0.29, 0.717) is 64.4 Å². The number of aromatic nitrogens is 7. The number of pyridine rings is 1. The molecule has 0 aliphatic carbocycles. The Hall–Kier alpha value is -8.13. The molecule has 82 heavy (non-hydrogen) atoms. The van der Waals surface area contributed by atoms with E-state index in [1.54, 1.807) is 79.2 Å². The maximum atomic E-state index is 14.8. The second kappa shape index (κ2) is 24.5. The molecule has 0 spiro atoms. The molecular formula is C53H47N13O10S6. The first-order valence-corrected chi connectivity index (χ1v) is 30.0. The Morgan fingerprint density at radius 3 is 1.94 bits per heavy atom. The minimum atomic E-state index is -1.43. The highest BCUT2D eigenvalue weighted by molar-refractivity contribution is 7.15. The lowest BCUT2D eigenvalue weighted by Crippen LogP contribution is -2.50. The van der Waals surface area contributed by atoms with E-state index in [-0.39, 0.29) is 45.0 Å². The molecule has 420 valence electrons. The molecule has 7 aromatic heterocycles. The highest BCUT2D eigenvalue weighted by atomic mass is 32.1. The Kier molecular flexibility index (Phi) is 17.1. The number of carbonyl (C=O) groups excluding carboxylic acids is 6. The molecule has 23 nitrogen and oxygen atoms in total. The number of carbonyl (C=O) groups is 6. The third-order valence-electron chi connectivity index (χ3n) is 13.0. The van der Waals surface area contributed by atoms with Crippen LogP contribution >= 0.6 is 68.0 Å². The minimum absolute atomic E-state index is 0.0307. The molecule has 8 heterocycles. The van der Waals surface area contributed by atoms with Crippen LogP contribution in [0.2, 0.25) is 0 Å². The number of fused-ring (bicyclic) bond motifs is 14. The van der Waals surface area contributed by atoms with Gasteiger partial charge in [0.25, 0.3) is 23.6 Å². The molecule has 7 atom stereocenters. The number of phenolic OH excluding ortho intramolecular Hbond substituents is 1. The largest absolute Gasteiger partial charge is 0.508 e. The number of amides is 6. The number of primary amides is 2. The van der Waals surface area contributed by atoms with Gasteiger partial charge in [-0.1, -0.05) is 49.4 Å². The Morgan fingerprint density at radius 1 is 0.610 bits per heavy atom. The Labute approximate surface area is 489 Å². The van der Waals surface area contributed by atoms with Crippen LogP contribution in [0.4, 0.5) is 0 Å². The van der Waals surface area contributed by atoms with Gasteiger partial charge in [-0.05, 0) is 42.3 Å². The summed E-state index contributed by atoms with van der Waals surface area (Å²) in [6.07, 6.45) is -3.27. The van der Waals surface area contributed by atoms with Crippen LogP contribution in [-0.4, -0.2) is 110 Å². The number of benzene rings is 2. The average Bonchev–Trinajstić information content (AvgIpc) is 4.44. The van der Waals surface area contributed by atoms with Gasteiger partial charge in [-0.3, -0.25) is 28.8 Å². The van der Waals surface area contributed by atoms with Gasteiger partial charge >= 0.3 is 0 Å². The number of nitrogens with zero attached hydrogens (tertiary/aromatic N) is 7. The number of nitrogens with one attached hydrogen (secondary N) is 4. The zero-order chi connectivity index (χ0) is 57.9. The van der Waals surface area contributed by atoms with E-state index >= 15 is 0 Å². The quantitative estimate of drug-likeness (QED) is 0.0747. The first-order chi connectivity index (χ1) is 39.4. The normalized spacial score (nSPS) is 18.1. The van der Waals surface area contributed by atoms with Gasteiger partial charge in [0.1, 0.15) is 93.8 Å². The van der Waals surface area contributed by atoms with Crippen molar-refractivity contribution in [3.8, 4) is 49.1 Å². The number of aromatic hydroxyl groups is 1. The second-order valence-electron chi connectivity index (χ2n) is 18.7. The lowest BCUT2D eigenvalue weighted by atomic mass is 9.95. The molecule has 1 aliphatic heterocycles. The van der Waals surface area contributed by atoms with Crippen LogP contribution in [0.15, 0.2) is 93.6 Å². The summed E-state index contributed by atoms with van der Waals surface area (Å²) in [4.78, 5) is 116. The number of nitrogens with two attached hydrogens (primary N) is 2. The van der Waals surface area contributed by atoms with Crippen LogP contribution < -0.4 is 32.7 Å². The second-order valence-corrected chi connectivity index (χ2v) is 24.3. The monoisotopic (exact) mass is 1220 g/mol. The first kappa shape index (κ1) is 57.1. The number of phenols is 1. The lowest BCUT2D eigenvalue weighted by Gasteiger charge is -2.28. The van der Waals surface area contributed by atoms with Crippen molar-refractivity contribution in [3.63, 3.8) is 0 Å². The molecule has 10 bridgehead atoms. The van der Waals surface area contributed by atoms with Gasteiger partial charge < -0.3 is 53.2 Å². The Morgan fingerprint density at radius 2 is 1.23 bits per heavy atom. The number of aliphatic hydroxyl groups excluding tert-OH is 3. The van der Waals surface area contributed by atoms with Crippen molar-refractivity contribution in [1.82, 2.24) is 56.2 Å². The molecule has 6 amide bonds. The topological polar surface area (TPSA) is 374 Å². The van der Waals surface area contributed by atoms with Crippen molar-refractivity contribution in [1.29, 1.82) is 0 Å². The summed E-state index contributed by atoms with van der Waals surface area (Å²) in [6, 6.07) is 13.1. The third kappa shape index (κ3) is 12.5. The Balaban J connectivity index is 1.08. The van der Waals surface area contributed by atoms with Crippen molar-refractivity contribution in [2.75, 3.05) is 6.61 Å². The van der Waals surface area contributed by atoms with Crippen LogP contribution in [0.1, 0.15) is 111 Å². The summed E-state index contributed by atoms with van der Waals surface area (Å²) < 4.78 is 0. The number of rotatable bonds is 11. The fraction of sp³-hybridized carbons (Fsp3) is 0.226. The summed E-state index contributed by atoms with van der Waals surface area (Å²) in [6.45, 7) is 2.58. The van der Waals surface area contributed by atoms with Gasteiger partial charge in [0.2, 0.25) is 11.8 Å². The van der Waals surface area contributed by atoms with Gasteiger partial charge in [-0.2, -0.15) is 0 Å². The zero-order valence-corrected chi connectivity index (χ0v) is 47.8. The molecule has 0 fully saturated rings. The van der Waals surface area contributed by atoms with Crippen molar-refractivity contribution < 1.29 is 49.2 Å². The molecule has 0 radical (unpaired) electrons. The van der Waals surface area contributed by atoms with Gasteiger partial charge in [0, 0.05) is 49.7 Å². The molecule has 29 heteroatoms. The highest BCUT2D eigenvalue weighted by Gasteiger charge is 2.35. The van der Waals surface area contributed by atoms with Crippen molar-refractivity contribution in [2.45, 2.75) is 63.1 Å². The standard InChI is InChI=1S/C53H47N13O10S6/c1-22(36(69)16-67)38-52-63-35(21-81-52)50-59-31(17-78-50)40-27(12-13-28(56-40)49-60-32(18-79-49)43(55)72)48-61-33(19-77-48)46(75)58-30(15-37(54)70)51-66-39(23(2)82-51)47(76)65-41(42(71)25-6-4-3-5-7-25)53-62-34(20-80-53)45(74)57-29(44(73)64-38)14-24-8-10-26(68)11-9-24/h3-13,17-22,29-30,36,38,41-42,67-69,71H,14-16H2,1-2H3,(H2,54,70)(H2,55,72)(H,57,74)(H,58,75)(H,64,73)(H,65,76)/t22-,29-,30-,36-,38-,41-,42-/m0/s1. The Bertz CT molecular complexity index is 3860. The summed E-state index contributed by atoms with van der Waals surface area (Å²) in [7, 11) is 0. The predicted octanol–water partition coefficient (Wildman–Crippen LogP) is 5.65. The maximum absolute atomic E-state index is 14.8. The van der Waals surface area contributed by atoms with E-state index in [1.807, 2.05) is 0 Å². The van der Waals surface area contributed by atoms with Gasteiger partial charge in [0.15, 0.2) is 0 Å². The summed E-state index contributed by atoms with van der Waals surface area (Å²) >= 11 is 6.63. The van der Waals surface area contributed by atoms with Gasteiger partial charge in [-0.25, -0.2) is 34.9 Å². The summed E-state index contributed by atoms with van der Waals surface area (Å²) in [5.41, 5.74) is 13.8. The van der Waals surface area contributed by atoms with Crippen LogP contribution in [0.3, 0.4) is 0 Å². The molecule has 9 aromatic rings. The van der Waals surface area contributed by atoms with Crippen molar-refractivity contribution in [3.05, 3.63) is 147 Å². The van der Waals surface area contributed by atoms with Gasteiger partial charge in [0.05, 0.1) is 36.9 Å². The van der Waals surface area contributed by atoms with Crippen LogP contribution in [0, 0.1) is 12.8 Å². The highest BCUT2D eigenvalue weighted by Crippen LogP contribution is 2.40. The number of thiazole rings is 6. The third-order valence-corrected chi connectivity index (χ3v) is 18.6. The van der Waals surface area contributed by atoms with E-state index in [2.05, 4.69) is 36.2 Å². The van der Waals surface area contributed by atoms with Gasteiger partial charge in [-0.15, -0.1) is 68.0 Å². The van der Waals surface area contributed by atoms with E-state index in [0.717, 1.165) is 56.7 Å². The first-order valence-electron chi connectivity index (χ1n) is 24.8. The van der Waals surface area contributed by atoms with E-state index in [9.17, 15) is 49.2 Å². The molecule has 0 unspecified atom stereocenters. The molecule has 1 aliphatic rings. The summed E-state index contributed by atoms with van der Waals surface area (Å²) in [5, 5.41) is 64.3. The predicted molar refractivity (Wildman–Crippen MR) is 308 cm³/mol. The van der Waals surface area contributed by atoms with Crippen LogP contribution in [0.5, 0.6) is 5.75 Å². The van der Waals surface area contributed by atoms with Crippen molar-refractivity contribution >= 4 is 103 Å². The lowest BCUT2D eigenvalue weighted by molar-refractivity contribution is -0.124. The molecular weight excluding hydrogens is 1170 g/mol. The minimum Gasteiger partial charge on any atom is -0.508 e. The molecule has 0 saturated carbocycles. The molecule has 10 rings (SSSR count). The van der Waals surface area contributed by atoms with Crippen molar-refractivity contribution in [2.24, 2.45) is 17.4 Å². The smallest absolute Gasteiger partial charge is 0.271 e. The average molecular weight is 1220 g/mol. The number of aryl methyl sites for hydroxylation is 1. The number of hydrogen-bond donors (Lipinski definition) is 10. The number of aliphatic hydroxyl groups is 3. The van der Waals surface area contributed by atoms with E-state index in [4.69, 9.17) is 31.4 Å².